The van der Waals surface area contributed by atoms with E-state index in [0.29, 0.717) is 38.2 Å². The van der Waals surface area contributed by atoms with Gasteiger partial charge >= 0.3 is 0 Å². The third kappa shape index (κ3) is 3.96. The molecule has 0 spiro atoms. The zero-order chi connectivity index (χ0) is 15.3. The molecule has 0 atom stereocenters. The quantitative estimate of drug-likeness (QED) is 0.832. The van der Waals surface area contributed by atoms with Crippen LogP contribution in [0.25, 0.3) is 0 Å². The number of unbranched alkanes of at least 4 members (excludes halogenated alkanes) is 1. The molecule has 0 unspecified atom stereocenters. The largest absolute Gasteiger partial charge is 0.369 e. The smallest absolute Gasteiger partial charge is 0.214 e. The van der Waals surface area contributed by atoms with Crippen LogP contribution < -0.4 is 4.90 Å². The van der Waals surface area contributed by atoms with Crippen molar-refractivity contribution in [3.8, 4) is 6.07 Å². The first-order valence-electron chi connectivity index (χ1n) is 7.30. The third-order valence-electron chi connectivity index (χ3n) is 3.73. The molecule has 1 aromatic carbocycles. The summed E-state index contributed by atoms with van der Waals surface area (Å²) in [6.45, 7) is 4.36. The van der Waals surface area contributed by atoms with Crippen molar-refractivity contribution >= 4 is 15.7 Å². The van der Waals surface area contributed by atoms with E-state index >= 15 is 0 Å². The molecule has 1 aliphatic rings. The first kappa shape index (κ1) is 15.8. The Labute approximate surface area is 126 Å². The van der Waals surface area contributed by atoms with Crippen LogP contribution in [0, 0.1) is 11.3 Å². The number of nitrogens with zero attached hydrogens (tertiary/aromatic N) is 3. The van der Waals surface area contributed by atoms with E-state index in [-0.39, 0.29) is 5.75 Å². The van der Waals surface area contributed by atoms with Crippen LogP contribution in [-0.4, -0.2) is 44.7 Å². The lowest BCUT2D eigenvalue weighted by molar-refractivity contribution is 0.384. The van der Waals surface area contributed by atoms with Crippen molar-refractivity contribution in [2.75, 3.05) is 36.8 Å². The second-order valence-electron chi connectivity index (χ2n) is 5.22. The fraction of sp³-hybridized carbons (Fsp3) is 0.533. The molecule has 6 heteroatoms. The molecule has 0 bridgehead atoms. The number of anilines is 1. The van der Waals surface area contributed by atoms with Crippen molar-refractivity contribution in [1.82, 2.24) is 4.31 Å². The Balaban J connectivity index is 1.98. The monoisotopic (exact) mass is 307 g/mol. The Hall–Kier alpha value is -1.58. The van der Waals surface area contributed by atoms with Gasteiger partial charge in [-0.1, -0.05) is 19.4 Å². The van der Waals surface area contributed by atoms with Gasteiger partial charge in [-0.3, -0.25) is 0 Å². The first-order valence-corrected chi connectivity index (χ1v) is 8.90. The molecule has 0 N–H and O–H groups in total. The van der Waals surface area contributed by atoms with Crippen molar-refractivity contribution in [1.29, 1.82) is 5.26 Å². The summed E-state index contributed by atoms with van der Waals surface area (Å²) in [5, 5.41) is 8.94. The highest BCUT2D eigenvalue weighted by Gasteiger charge is 2.26. The lowest BCUT2D eigenvalue weighted by atomic mass is 10.2. The fourth-order valence-corrected chi connectivity index (χ4v) is 4.08. The van der Waals surface area contributed by atoms with Gasteiger partial charge < -0.3 is 4.90 Å². The maximum atomic E-state index is 12.2. The zero-order valence-electron chi connectivity index (χ0n) is 12.3. The van der Waals surface area contributed by atoms with Crippen LogP contribution >= 0.6 is 0 Å². The molecule has 1 aromatic rings. The van der Waals surface area contributed by atoms with E-state index in [1.54, 1.807) is 10.4 Å². The van der Waals surface area contributed by atoms with Gasteiger partial charge in [-0.25, -0.2) is 8.42 Å². The minimum Gasteiger partial charge on any atom is -0.369 e. The van der Waals surface area contributed by atoms with Crippen molar-refractivity contribution in [3.63, 3.8) is 0 Å². The van der Waals surface area contributed by atoms with Gasteiger partial charge in [0.2, 0.25) is 10.0 Å². The number of hydrogen-bond acceptors (Lipinski definition) is 4. The topological polar surface area (TPSA) is 64.4 Å². The highest BCUT2D eigenvalue weighted by atomic mass is 32.2. The summed E-state index contributed by atoms with van der Waals surface area (Å²) >= 11 is 0. The summed E-state index contributed by atoms with van der Waals surface area (Å²) < 4.78 is 25.9. The van der Waals surface area contributed by atoms with Crippen LogP contribution in [0.15, 0.2) is 24.3 Å². The molecule has 5 nitrogen and oxygen atoms in total. The van der Waals surface area contributed by atoms with E-state index in [9.17, 15) is 8.42 Å². The Kier molecular flexibility index (Phi) is 5.21. The summed E-state index contributed by atoms with van der Waals surface area (Å²) in [6, 6.07) is 9.57. The first-order chi connectivity index (χ1) is 10.1. The maximum absolute atomic E-state index is 12.2. The van der Waals surface area contributed by atoms with Crippen LogP contribution in [0.3, 0.4) is 0 Å². The Morgan fingerprint density at radius 1 is 1.24 bits per heavy atom. The van der Waals surface area contributed by atoms with E-state index in [0.717, 1.165) is 12.1 Å². The molecule has 0 radical (unpaired) electrons. The van der Waals surface area contributed by atoms with Crippen LogP contribution in [0.2, 0.25) is 0 Å². The van der Waals surface area contributed by atoms with Gasteiger partial charge in [0.25, 0.3) is 0 Å². The van der Waals surface area contributed by atoms with Crippen LogP contribution in [0.1, 0.15) is 25.3 Å². The van der Waals surface area contributed by atoms with Crippen molar-refractivity contribution in [2.45, 2.75) is 19.8 Å². The summed E-state index contributed by atoms with van der Waals surface area (Å²) in [5.74, 6) is 0.243. The maximum Gasteiger partial charge on any atom is 0.214 e. The molecule has 1 aliphatic heterocycles. The number of benzene rings is 1. The molecule has 1 saturated heterocycles. The Bertz CT molecular complexity index is 614. The molecular formula is C15H21N3O2S. The van der Waals surface area contributed by atoms with E-state index in [2.05, 4.69) is 11.0 Å². The molecule has 0 saturated carbocycles. The SMILES string of the molecule is CCCCS(=O)(=O)N1CCN(c2cccc(C#N)c2)CC1. The average molecular weight is 307 g/mol. The van der Waals surface area contributed by atoms with Crippen molar-refractivity contribution in [2.24, 2.45) is 0 Å². The normalized spacial score (nSPS) is 16.7. The fourth-order valence-electron chi connectivity index (χ4n) is 2.45. The second kappa shape index (κ2) is 6.92. The molecule has 114 valence electrons. The van der Waals surface area contributed by atoms with Crippen molar-refractivity contribution in [3.05, 3.63) is 29.8 Å². The molecule has 1 fully saturated rings. The predicted octanol–water partition coefficient (Wildman–Crippen LogP) is 1.81. The van der Waals surface area contributed by atoms with Crippen LogP contribution in [0.5, 0.6) is 0 Å². The molecule has 0 amide bonds. The van der Waals surface area contributed by atoms with E-state index in [4.69, 9.17) is 5.26 Å². The number of nitriles is 1. The van der Waals surface area contributed by atoms with Gasteiger partial charge in [0.05, 0.1) is 17.4 Å². The zero-order valence-corrected chi connectivity index (χ0v) is 13.1. The number of hydrogen-bond donors (Lipinski definition) is 0. The van der Waals surface area contributed by atoms with Gasteiger partial charge in [0, 0.05) is 31.9 Å². The predicted molar refractivity (Wildman–Crippen MR) is 83.6 cm³/mol. The number of piperazine rings is 1. The molecule has 0 aliphatic carbocycles. The van der Waals surface area contributed by atoms with E-state index in [1.807, 2.05) is 25.1 Å². The second-order valence-corrected chi connectivity index (χ2v) is 7.31. The van der Waals surface area contributed by atoms with E-state index < -0.39 is 10.0 Å². The number of sulfonamides is 1. The van der Waals surface area contributed by atoms with Gasteiger partial charge in [-0.2, -0.15) is 9.57 Å². The molecule has 1 heterocycles. The van der Waals surface area contributed by atoms with Crippen LogP contribution in [0.4, 0.5) is 5.69 Å². The van der Waals surface area contributed by atoms with Gasteiger partial charge in [0.15, 0.2) is 0 Å². The standard InChI is InChI=1S/C15H21N3O2S/c1-2-3-11-21(19,20)18-9-7-17(8-10-18)15-6-4-5-14(12-15)13-16/h4-6,12H,2-3,7-11H2,1H3. The summed E-state index contributed by atoms with van der Waals surface area (Å²) in [4.78, 5) is 2.13. The lowest BCUT2D eigenvalue weighted by Gasteiger charge is -2.35. The van der Waals surface area contributed by atoms with Crippen molar-refractivity contribution < 1.29 is 8.42 Å². The highest BCUT2D eigenvalue weighted by Crippen LogP contribution is 2.19. The van der Waals surface area contributed by atoms with Gasteiger partial charge in [0.1, 0.15) is 0 Å². The minimum absolute atomic E-state index is 0.243. The molecule has 2 rings (SSSR count). The van der Waals surface area contributed by atoms with Crippen LogP contribution in [-0.2, 0) is 10.0 Å². The molecule has 0 aromatic heterocycles. The summed E-state index contributed by atoms with van der Waals surface area (Å²) in [7, 11) is -3.11. The highest BCUT2D eigenvalue weighted by molar-refractivity contribution is 7.89. The lowest BCUT2D eigenvalue weighted by Crippen LogP contribution is -2.49. The molecule has 21 heavy (non-hydrogen) atoms. The molecular weight excluding hydrogens is 286 g/mol. The Morgan fingerprint density at radius 3 is 2.57 bits per heavy atom. The summed E-state index contributed by atoms with van der Waals surface area (Å²) in [5.41, 5.74) is 1.62. The third-order valence-corrected chi connectivity index (χ3v) is 5.68. The summed E-state index contributed by atoms with van der Waals surface area (Å²) in [6.07, 6.45) is 1.60. The van der Waals surface area contributed by atoms with Gasteiger partial charge in [-0.05, 0) is 24.6 Å². The number of rotatable bonds is 5. The van der Waals surface area contributed by atoms with Gasteiger partial charge in [-0.15, -0.1) is 0 Å². The minimum atomic E-state index is -3.11. The average Bonchev–Trinajstić information content (AvgIpc) is 2.53. The Morgan fingerprint density at radius 2 is 1.95 bits per heavy atom. The van der Waals surface area contributed by atoms with E-state index in [1.165, 1.54) is 0 Å².